The van der Waals surface area contributed by atoms with E-state index in [9.17, 15) is 10.1 Å². The molecule has 0 atom stereocenters. The Kier molecular flexibility index (Phi) is 5.17. The standard InChI is InChI=1S/C18H18N8O2/c1-3-28-17(27)10-4-6-11(7-5-10)26(2)9-13-12(8-19)23-16-14(22-13)15(20)24-18(21)25-16/h4-7H,3,9H2,1-2H3,(H4,20,21,23,24,25). The van der Waals surface area contributed by atoms with E-state index in [0.29, 0.717) is 17.9 Å². The highest BCUT2D eigenvalue weighted by molar-refractivity contribution is 5.89. The maximum atomic E-state index is 11.8. The van der Waals surface area contributed by atoms with Gasteiger partial charge in [-0.2, -0.15) is 15.2 Å². The van der Waals surface area contributed by atoms with Crippen LogP contribution in [0.15, 0.2) is 24.3 Å². The minimum absolute atomic E-state index is 0.0326. The van der Waals surface area contributed by atoms with Crippen molar-refractivity contribution in [2.45, 2.75) is 13.5 Å². The number of hydrogen-bond acceptors (Lipinski definition) is 10. The zero-order valence-corrected chi connectivity index (χ0v) is 15.4. The predicted molar refractivity (Wildman–Crippen MR) is 103 cm³/mol. The Balaban J connectivity index is 1.89. The minimum Gasteiger partial charge on any atom is -0.462 e. The van der Waals surface area contributed by atoms with Crippen molar-refractivity contribution in [3.8, 4) is 6.07 Å². The summed E-state index contributed by atoms with van der Waals surface area (Å²) in [4.78, 5) is 30.1. The Morgan fingerprint density at radius 2 is 1.89 bits per heavy atom. The van der Waals surface area contributed by atoms with Crippen LogP contribution < -0.4 is 16.4 Å². The van der Waals surface area contributed by atoms with E-state index in [1.165, 1.54) is 0 Å². The quantitative estimate of drug-likeness (QED) is 0.619. The third-order valence-electron chi connectivity index (χ3n) is 3.96. The first-order chi connectivity index (χ1) is 13.4. The number of fused-ring (bicyclic) bond motifs is 1. The smallest absolute Gasteiger partial charge is 0.338 e. The van der Waals surface area contributed by atoms with Crippen LogP contribution in [0.25, 0.3) is 11.2 Å². The molecule has 0 radical (unpaired) electrons. The van der Waals surface area contributed by atoms with Crippen LogP contribution in [0, 0.1) is 11.3 Å². The summed E-state index contributed by atoms with van der Waals surface area (Å²) in [6, 6.07) is 8.94. The second-order valence-corrected chi connectivity index (χ2v) is 5.89. The molecule has 0 unspecified atom stereocenters. The van der Waals surface area contributed by atoms with E-state index in [1.54, 1.807) is 31.2 Å². The summed E-state index contributed by atoms with van der Waals surface area (Å²) in [5.74, 6) is -0.310. The fraction of sp³-hybridized carbons (Fsp3) is 0.222. The summed E-state index contributed by atoms with van der Waals surface area (Å²) in [6.45, 7) is 2.36. The number of rotatable bonds is 5. The lowest BCUT2D eigenvalue weighted by molar-refractivity contribution is 0.0526. The van der Waals surface area contributed by atoms with Gasteiger partial charge in [-0.25, -0.2) is 14.8 Å². The lowest BCUT2D eigenvalue weighted by atomic mass is 10.2. The molecule has 0 aliphatic rings. The van der Waals surface area contributed by atoms with Crippen molar-refractivity contribution >= 4 is 34.6 Å². The van der Waals surface area contributed by atoms with Gasteiger partial charge in [0.05, 0.1) is 24.4 Å². The number of anilines is 3. The molecule has 0 amide bonds. The Morgan fingerprint density at radius 3 is 2.54 bits per heavy atom. The lowest BCUT2D eigenvalue weighted by Crippen LogP contribution is -2.19. The lowest BCUT2D eigenvalue weighted by Gasteiger charge is -2.19. The first kappa shape index (κ1) is 18.8. The fourth-order valence-electron chi connectivity index (χ4n) is 2.60. The molecule has 10 nitrogen and oxygen atoms in total. The van der Waals surface area contributed by atoms with Crippen LogP contribution in [0.3, 0.4) is 0 Å². The van der Waals surface area contributed by atoms with Gasteiger partial charge in [0, 0.05) is 12.7 Å². The average molecular weight is 378 g/mol. The number of esters is 1. The van der Waals surface area contributed by atoms with Crippen molar-refractivity contribution < 1.29 is 9.53 Å². The summed E-state index contributed by atoms with van der Waals surface area (Å²) in [5.41, 5.74) is 13.7. The zero-order chi connectivity index (χ0) is 20.3. The largest absolute Gasteiger partial charge is 0.462 e. The van der Waals surface area contributed by atoms with E-state index >= 15 is 0 Å². The molecular weight excluding hydrogens is 360 g/mol. The summed E-state index contributed by atoms with van der Waals surface area (Å²) in [5, 5.41) is 9.42. The molecule has 1 aromatic carbocycles. The van der Waals surface area contributed by atoms with Crippen molar-refractivity contribution in [3.05, 3.63) is 41.2 Å². The number of carbonyl (C=O) groups is 1. The van der Waals surface area contributed by atoms with Crippen molar-refractivity contribution in [2.24, 2.45) is 0 Å². The third kappa shape index (κ3) is 3.73. The number of nitrogen functional groups attached to an aromatic ring is 2. The van der Waals surface area contributed by atoms with Gasteiger partial charge in [-0.05, 0) is 31.2 Å². The molecule has 10 heteroatoms. The van der Waals surface area contributed by atoms with Crippen molar-refractivity contribution in [1.29, 1.82) is 5.26 Å². The summed E-state index contributed by atoms with van der Waals surface area (Å²) in [7, 11) is 1.83. The molecule has 3 rings (SSSR count). The normalized spacial score (nSPS) is 10.5. The zero-order valence-electron chi connectivity index (χ0n) is 15.4. The number of nitriles is 1. The third-order valence-corrected chi connectivity index (χ3v) is 3.96. The predicted octanol–water partition coefficient (Wildman–Crippen LogP) is 1.27. The van der Waals surface area contributed by atoms with E-state index in [-0.39, 0.29) is 41.1 Å². The number of carbonyl (C=O) groups excluding carboxylic acids is 1. The first-order valence-electron chi connectivity index (χ1n) is 8.41. The summed E-state index contributed by atoms with van der Waals surface area (Å²) in [6.07, 6.45) is 0. The van der Waals surface area contributed by atoms with Crippen molar-refractivity contribution in [1.82, 2.24) is 19.9 Å². The highest BCUT2D eigenvalue weighted by atomic mass is 16.5. The van der Waals surface area contributed by atoms with Crippen LogP contribution in [0.1, 0.15) is 28.7 Å². The highest BCUT2D eigenvalue weighted by Gasteiger charge is 2.15. The number of ether oxygens (including phenoxy) is 1. The Morgan fingerprint density at radius 1 is 1.18 bits per heavy atom. The highest BCUT2D eigenvalue weighted by Crippen LogP contribution is 2.20. The molecule has 0 aliphatic carbocycles. The van der Waals surface area contributed by atoms with Gasteiger partial charge in [0.15, 0.2) is 22.7 Å². The molecule has 142 valence electrons. The molecular formula is C18H18N8O2. The average Bonchev–Trinajstić information content (AvgIpc) is 2.68. The van der Waals surface area contributed by atoms with E-state index < -0.39 is 0 Å². The second kappa shape index (κ2) is 7.71. The minimum atomic E-state index is -0.376. The first-order valence-corrected chi connectivity index (χ1v) is 8.41. The topological polar surface area (TPSA) is 157 Å². The van der Waals surface area contributed by atoms with Gasteiger partial charge in [0.1, 0.15) is 6.07 Å². The molecule has 3 aromatic rings. The van der Waals surface area contributed by atoms with Crippen LogP contribution in [0.4, 0.5) is 17.5 Å². The van der Waals surface area contributed by atoms with Gasteiger partial charge in [-0.3, -0.25) is 0 Å². The number of benzene rings is 1. The molecule has 2 aromatic heterocycles. The monoisotopic (exact) mass is 378 g/mol. The van der Waals surface area contributed by atoms with Crippen LogP contribution >= 0.6 is 0 Å². The number of aromatic nitrogens is 4. The summed E-state index contributed by atoms with van der Waals surface area (Å²) < 4.78 is 4.98. The Hall–Kier alpha value is -4.00. The van der Waals surface area contributed by atoms with E-state index in [1.807, 2.05) is 18.0 Å². The molecule has 28 heavy (non-hydrogen) atoms. The van der Waals surface area contributed by atoms with Gasteiger partial charge in [0.2, 0.25) is 5.95 Å². The van der Waals surface area contributed by atoms with Crippen molar-refractivity contribution in [2.75, 3.05) is 30.0 Å². The Bertz CT molecular complexity index is 1080. The second-order valence-electron chi connectivity index (χ2n) is 5.89. The molecule has 0 spiro atoms. The SMILES string of the molecule is CCOC(=O)c1ccc(N(C)Cc2nc3c(N)nc(N)nc3nc2C#N)cc1. The van der Waals surface area contributed by atoms with Gasteiger partial charge < -0.3 is 21.1 Å². The fourth-order valence-corrected chi connectivity index (χ4v) is 2.60. The number of nitrogens with zero attached hydrogens (tertiary/aromatic N) is 6. The van der Waals surface area contributed by atoms with Crippen LogP contribution in [0.5, 0.6) is 0 Å². The molecule has 2 heterocycles. The van der Waals surface area contributed by atoms with E-state index in [4.69, 9.17) is 16.2 Å². The van der Waals surface area contributed by atoms with Gasteiger partial charge >= 0.3 is 5.97 Å². The number of hydrogen-bond donors (Lipinski definition) is 2. The molecule has 0 bridgehead atoms. The van der Waals surface area contributed by atoms with E-state index in [0.717, 1.165) is 5.69 Å². The molecule has 0 saturated heterocycles. The van der Waals surface area contributed by atoms with Gasteiger partial charge in [-0.15, -0.1) is 0 Å². The van der Waals surface area contributed by atoms with Gasteiger partial charge in [-0.1, -0.05) is 0 Å². The van der Waals surface area contributed by atoms with Crippen molar-refractivity contribution in [3.63, 3.8) is 0 Å². The maximum absolute atomic E-state index is 11.8. The van der Waals surface area contributed by atoms with Gasteiger partial charge in [0.25, 0.3) is 0 Å². The van der Waals surface area contributed by atoms with E-state index in [2.05, 4.69) is 19.9 Å². The van der Waals surface area contributed by atoms with Crippen LogP contribution in [-0.2, 0) is 11.3 Å². The number of nitrogens with two attached hydrogens (primary N) is 2. The Labute approximate surface area is 160 Å². The van der Waals surface area contributed by atoms with Crippen LogP contribution in [-0.4, -0.2) is 39.6 Å². The molecule has 4 N–H and O–H groups in total. The molecule has 0 fully saturated rings. The summed E-state index contributed by atoms with van der Waals surface area (Å²) >= 11 is 0. The molecule has 0 aliphatic heterocycles. The maximum Gasteiger partial charge on any atom is 0.338 e. The molecule has 0 saturated carbocycles. The van der Waals surface area contributed by atoms with Crippen LogP contribution in [0.2, 0.25) is 0 Å².